The summed E-state index contributed by atoms with van der Waals surface area (Å²) < 4.78 is 5.71. The van der Waals surface area contributed by atoms with Crippen molar-refractivity contribution in [2.75, 3.05) is 4.43 Å². The smallest absolute Gasteiger partial charge is 0.309 e. The number of hydrogen-bond donors (Lipinski definition) is 1. The Kier molecular flexibility index (Phi) is 2.74. The van der Waals surface area contributed by atoms with Crippen LogP contribution in [-0.2, 0) is 9.53 Å². The monoisotopic (exact) mass is 270 g/mol. The molecule has 0 aromatic rings. The zero-order valence-electron chi connectivity index (χ0n) is 6.34. The summed E-state index contributed by atoms with van der Waals surface area (Å²) in [7, 11) is 0. The lowest BCUT2D eigenvalue weighted by atomic mass is 9.93. The van der Waals surface area contributed by atoms with Gasteiger partial charge in [-0.05, 0) is 6.92 Å². The molecule has 0 saturated carbocycles. The van der Waals surface area contributed by atoms with Crippen molar-refractivity contribution in [2.45, 2.75) is 31.5 Å². The van der Waals surface area contributed by atoms with Gasteiger partial charge in [0.2, 0.25) is 0 Å². The maximum Gasteiger partial charge on any atom is 0.309 e. The molecule has 1 aliphatic rings. The predicted octanol–water partition coefficient (Wildman–Crippen LogP) is 0.878. The van der Waals surface area contributed by atoms with Crippen LogP contribution in [0, 0.1) is 0 Å². The number of hydrogen-bond acceptors (Lipinski definition) is 3. The molecule has 0 aliphatic carbocycles. The van der Waals surface area contributed by atoms with Gasteiger partial charge in [-0.3, -0.25) is 4.79 Å². The van der Waals surface area contributed by atoms with E-state index in [2.05, 4.69) is 22.6 Å². The highest BCUT2D eigenvalue weighted by molar-refractivity contribution is 14.1. The Bertz CT molecular complexity index is 167. The molecule has 0 aromatic carbocycles. The number of carbonyl (C=O) groups excluding carboxylic acids is 1. The summed E-state index contributed by atoms with van der Waals surface area (Å²) in [4.78, 5) is 10.9. The standard InChI is InChI=1S/C7H11IO3/c1-7(10)2-5(4-8)11-6(9)3-7/h5,10H,2-4H2,1H3. The molecule has 3 nitrogen and oxygen atoms in total. The summed E-state index contributed by atoms with van der Waals surface area (Å²) in [5.74, 6) is -0.289. The fourth-order valence-electron chi connectivity index (χ4n) is 1.23. The van der Waals surface area contributed by atoms with Gasteiger partial charge in [-0.2, -0.15) is 0 Å². The molecule has 0 bridgehead atoms. The molecule has 1 aliphatic heterocycles. The highest BCUT2D eigenvalue weighted by Crippen LogP contribution is 2.25. The number of cyclic esters (lactones) is 1. The second kappa shape index (κ2) is 3.26. The minimum absolute atomic E-state index is 0.105. The molecule has 0 radical (unpaired) electrons. The van der Waals surface area contributed by atoms with Crippen molar-refractivity contribution < 1.29 is 14.6 Å². The van der Waals surface area contributed by atoms with Crippen LogP contribution in [0.5, 0.6) is 0 Å². The summed E-state index contributed by atoms with van der Waals surface area (Å²) in [6.07, 6.45) is 0.578. The van der Waals surface area contributed by atoms with Crippen LogP contribution >= 0.6 is 22.6 Å². The molecular weight excluding hydrogens is 259 g/mol. The van der Waals surface area contributed by atoms with Crippen LogP contribution in [0.1, 0.15) is 19.8 Å². The molecule has 4 heteroatoms. The van der Waals surface area contributed by atoms with Crippen LogP contribution in [0.3, 0.4) is 0 Å². The van der Waals surface area contributed by atoms with Gasteiger partial charge >= 0.3 is 5.97 Å². The van der Waals surface area contributed by atoms with Gasteiger partial charge in [0.1, 0.15) is 6.10 Å². The van der Waals surface area contributed by atoms with Crippen LogP contribution in [0.2, 0.25) is 0 Å². The van der Waals surface area contributed by atoms with Gasteiger partial charge in [-0.1, -0.05) is 22.6 Å². The van der Waals surface area contributed by atoms with Crippen molar-refractivity contribution in [3.05, 3.63) is 0 Å². The Balaban J connectivity index is 2.58. The minimum atomic E-state index is -0.856. The number of ether oxygens (including phenoxy) is 1. The first-order valence-electron chi connectivity index (χ1n) is 3.51. The first-order valence-corrected chi connectivity index (χ1v) is 5.04. The Morgan fingerprint density at radius 2 is 2.55 bits per heavy atom. The van der Waals surface area contributed by atoms with Crippen molar-refractivity contribution >= 4 is 28.6 Å². The highest BCUT2D eigenvalue weighted by Gasteiger charge is 2.35. The first-order chi connectivity index (χ1) is 5.03. The SMILES string of the molecule is CC1(O)CC(=O)OC(CI)C1. The van der Waals surface area contributed by atoms with E-state index >= 15 is 0 Å². The molecule has 0 spiro atoms. The maximum atomic E-state index is 10.9. The summed E-state index contributed by atoms with van der Waals surface area (Å²) in [5.41, 5.74) is -0.856. The van der Waals surface area contributed by atoms with E-state index in [-0.39, 0.29) is 18.5 Å². The van der Waals surface area contributed by atoms with Crippen molar-refractivity contribution in [1.82, 2.24) is 0 Å². The van der Waals surface area contributed by atoms with Crippen LogP contribution < -0.4 is 0 Å². The molecule has 1 fully saturated rings. The Hall–Kier alpha value is 0.160. The van der Waals surface area contributed by atoms with E-state index < -0.39 is 5.60 Å². The summed E-state index contributed by atoms with van der Waals surface area (Å²) in [6.45, 7) is 1.67. The lowest BCUT2D eigenvalue weighted by Gasteiger charge is -2.32. The molecule has 64 valence electrons. The van der Waals surface area contributed by atoms with E-state index in [0.29, 0.717) is 6.42 Å². The number of esters is 1. The van der Waals surface area contributed by atoms with E-state index in [0.717, 1.165) is 4.43 Å². The first kappa shape index (κ1) is 9.25. The number of aliphatic hydroxyl groups is 1. The molecule has 0 aromatic heterocycles. The molecule has 2 unspecified atom stereocenters. The average Bonchev–Trinajstić information content (AvgIpc) is 1.83. The Morgan fingerprint density at radius 1 is 1.91 bits per heavy atom. The zero-order valence-corrected chi connectivity index (χ0v) is 8.50. The largest absolute Gasteiger partial charge is 0.461 e. The number of carbonyl (C=O) groups is 1. The van der Waals surface area contributed by atoms with Gasteiger partial charge < -0.3 is 9.84 Å². The highest BCUT2D eigenvalue weighted by atomic mass is 127. The van der Waals surface area contributed by atoms with E-state index in [1.165, 1.54) is 0 Å². The Morgan fingerprint density at radius 3 is 3.00 bits per heavy atom. The van der Waals surface area contributed by atoms with Crippen LogP contribution in [-0.4, -0.2) is 27.2 Å². The van der Waals surface area contributed by atoms with Gasteiger partial charge in [0.05, 0.1) is 12.0 Å². The fraction of sp³-hybridized carbons (Fsp3) is 0.857. The number of alkyl halides is 1. The molecule has 1 saturated heterocycles. The maximum absolute atomic E-state index is 10.9. The predicted molar refractivity (Wildman–Crippen MR) is 48.6 cm³/mol. The van der Waals surface area contributed by atoms with Crippen molar-refractivity contribution in [3.63, 3.8) is 0 Å². The van der Waals surface area contributed by atoms with Gasteiger partial charge in [0, 0.05) is 10.8 Å². The van der Waals surface area contributed by atoms with E-state index in [4.69, 9.17) is 4.74 Å². The van der Waals surface area contributed by atoms with E-state index in [1.807, 2.05) is 0 Å². The summed E-state index contributed by atoms with van der Waals surface area (Å²) >= 11 is 2.15. The molecular formula is C7H11IO3. The van der Waals surface area contributed by atoms with Crippen molar-refractivity contribution in [2.24, 2.45) is 0 Å². The lowest BCUT2D eigenvalue weighted by Crippen LogP contribution is -2.41. The molecule has 1 N–H and O–H groups in total. The van der Waals surface area contributed by atoms with Crippen LogP contribution in [0.15, 0.2) is 0 Å². The van der Waals surface area contributed by atoms with Crippen LogP contribution in [0.4, 0.5) is 0 Å². The minimum Gasteiger partial charge on any atom is -0.461 e. The Labute approximate surface area is 79.3 Å². The normalized spacial score (nSPS) is 38.5. The average molecular weight is 270 g/mol. The fourth-order valence-corrected chi connectivity index (χ4v) is 1.72. The van der Waals surface area contributed by atoms with Crippen molar-refractivity contribution in [1.29, 1.82) is 0 Å². The van der Waals surface area contributed by atoms with E-state index in [9.17, 15) is 9.90 Å². The molecule has 11 heavy (non-hydrogen) atoms. The third-order valence-electron chi connectivity index (χ3n) is 1.66. The van der Waals surface area contributed by atoms with Crippen molar-refractivity contribution in [3.8, 4) is 0 Å². The third kappa shape index (κ3) is 2.59. The summed E-state index contributed by atoms with van der Waals surface area (Å²) in [5, 5.41) is 9.54. The lowest BCUT2D eigenvalue weighted by molar-refractivity contribution is -0.165. The topological polar surface area (TPSA) is 46.5 Å². The van der Waals surface area contributed by atoms with Gasteiger partial charge in [-0.15, -0.1) is 0 Å². The van der Waals surface area contributed by atoms with Gasteiger partial charge in [0.15, 0.2) is 0 Å². The van der Waals surface area contributed by atoms with Gasteiger partial charge in [-0.25, -0.2) is 0 Å². The second-order valence-corrected chi connectivity index (χ2v) is 4.02. The number of rotatable bonds is 1. The van der Waals surface area contributed by atoms with Gasteiger partial charge in [0.25, 0.3) is 0 Å². The third-order valence-corrected chi connectivity index (χ3v) is 2.65. The second-order valence-electron chi connectivity index (χ2n) is 3.14. The molecule has 1 rings (SSSR count). The summed E-state index contributed by atoms with van der Waals surface area (Å²) in [6, 6.07) is 0. The molecule has 0 amide bonds. The van der Waals surface area contributed by atoms with Crippen LogP contribution in [0.25, 0.3) is 0 Å². The quantitative estimate of drug-likeness (QED) is 0.437. The zero-order chi connectivity index (χ0) is 8.48. The molecule has 2 atom stereocenters. The molecule has 1 heterocycles. The van der Waals surface area contributed by atoms with E-state index in [1.54, 1.807) is 6.92 Å². The number of halogens is 1.